The van der Waals surface area contributed by atoms with E-state index in [0.717, 1.165) is 19.4 Å². The number of esters is 1. The highest BCUT2D eigenvalue weighted by atomic mass is 16.5. The number of carbonyl (C=O) groups is 2. The van der Waals surface area contributed by atoms with Crippen LogP contribution in [0.1, 0.15) is 19.8 Å². The second-order valence-corrected chi connectivity index (χ2v) is 2.82. The molecule has 4 heteroatoms. The van der Waals surface area contributed by atoms with Gasteiger partial charge in [0.2, 0.25) is 0 Å². The number of rotatable bonds is 7. The molecule has 0 aliphatic heterocycles. The minimum Gasteiger partial charge on any atom is -0.464 e. The number of aldehydes is 1. The van der Waals surface area contributed by atoms with Crippen LogP contribution in [0.25, 0.3) is 0 Å². The lowest BCUT2D eigenvalue weighted by Gasteiger charge is -2.13. The van der Waals surface area contributed by atoms with E-state index in [-0.39, 0.29) is 18.8 Å². The molecule has 0 heterocycles. The molecule has 0 amide bonds. The molecule has 0 aliphatic rings. The zero-order valence-electron chi connectivity index (χ0n) is 8.28. The average Bonchev–Trinajstić information content (AvgIpc) is 2.14. The molecule has 0 bridgehead atoms. The van der Waals surface area contributed by atoms with Crippen molar-refractivity contribution in [2.75, 3.05) is 26.7 Å². The van der Waals surface area contributed by atoms with Crippen LogP contribution in [0.4, 0.5) is 0 Å². The van der Waals surface area contributed by atoms with E-state index >= 15 is 0 Å². The summed E-state index contributed by atoms with van der Waals surface area (Å²) in [6, 6.07) is 0. The Bertz CT molecular complexity index is 159. The van der Waals surface area contributed by atoms with E-state index in [4.69, 9.17) is 4.74 Å². The fraction of sp³-hybridized carbons (Fsp3) is 0.778. The van der Waals surface area contributed by atoms with Gasteiger partial charge in [-0.3, -0.25) is 4.79 Å². The molecule has 0 spiro atoms. The van der Waals surface area contributed by atoms with Crippen LogP contribution >= 0.6 is 0 Å². The van der Waals surface area contributed by atoms with Crippen molar-refractivity contribution in [1.29, 1.82) is 0 Å². The summed E-state index contributed by atoms with van der Waals surface area (Å²) in [4.78, 5) is 22.8. The molecular formula is C9H17NO3. The Morgan fingerprint density at radius 1 is 1.54 bits per heavy atom. The van der Waals surface area contributed by atoms with Gasteiger partial charge in [-0.2, -0.15) is 0 Å². The van der Waals surface area contributed by atoms with Gasteiger partial charge in [0.15, 0.2) is 0 Å². The quantitative estimate of drug-likeness (QED) is 0.429. The zero-order valence-corrected chi connectivity index (χ0v) is 8.28. The van der Waals surface area contributed by atoms with E-state index in [9.17, 15) is 9.59 Å². The lowest BCUT2D eigenvalue weighted by Crippen LogP contribution is -2.23. The Morgan fingerprint density at radius 3 is 2.77 bits per heavy atom. The monoisotopic (exact) mass is 187 g/mol. The summed E-state index contributed by atoms with van der Waals surface area (Å²) in [6.07, 6.45) is 1.17. The van der Waals surface area contributed by atoms with Crippen molar-refractivity contribution in [3.05, 3.63) is 0 Å². The lowest BCUT2D eigenvalue weighted by molar-refractivity contribution is -0.144. The summed E-state index contributed by atoms with van der Waals surface area (Å²) in [6.45, 7) is 4.12. The first-order valence-electron chi connectivity index (χ1n) is 4.48. The molecule has 0 atom stereocenters. The summed E-state index contributed by atoms with van der Waals surface area (Å²) < 4.78 is 4.88. The van der Waals surface area contributed by atoms with Gasteiger partial charge in [-0.15, -0.1) is 0 Å². The number of carbonyl (C=O) groups excluding carboxylic acids is 2. The minimum atomic E-state index is -0.295. The maximum atomic E-state index is 10.9. The van der Waals surface area contributed by atoms with E-state index in [0.29, 0.717) is 6.61 Å². The molecule has 0 fully saturated rings. The molecule has 0 saturated heterocycles. The smallest absolute Gasteiger partial charge is 0.306 e. The van der Waals surface area contributed by atoms with Gasteiger partial charge in [0.25, 0.3) is 0 Å². The van der Waals surface area contributed by atoms with Crippen molar-refractivity contribution < 1.29 is 14.3 Å². The number of ether oxygens (including phenoxy) is 1. The van der Waals surface area contributed by atoms with E-state index in [2.05, 4.69) is 0 Å². The van der Waals surface area contributed by atoms with Crippen LogP contribution in [-0.4, -0.2) is 43.9 Å². The fourth-order valence-corrected chi connectivity index (χ4v) is 0.722. The van der Waals surface area contributed by atoms with Gasteiger partial charge < -0.3 is 14.4 Å². The fourth-order valence-electron chi connectivity index (χ4n) is 0.722. The third-order valence-corrected chi connectivity index (χ3v) is 1.74. The highest BCUT2D eigenvalue weighted by Gasteiger charge is 2.02. The summed E-state index contributed by atoms with van der Waals surface area (Å²) in [5.74, 6) is -0.295. The Labute approximate surface area is 78.9 Å². The Morgan fingerprint density at radius 2 is 2.23 bits per heavy atom. The van der Waals surface area contributed by atoms with Crippen molar-refractivity contribution in [3.63, 3.8) is 0 Å². The normalized spacial score (nSPS) is 10.1. The topological polar surface area (TPSA) is 46.6 Å². The van der Waals surface area contributed by atoms with Crippen LogP contribution in [0.2, 0.25) is 0 Å². The van der Waals surface area contributed by atoms with Crippen LogP contribution in [-0.2, 0) is 14.3 Å². The van der Waals surface area contributed by atoms with Crippen LogP contribution in [0.15, 0.2) is 0 Å². The van der Waals surface area contributed by atoms with Gasteiger partial charge in [0.1, 0.15) is 12.9 Å². The molecule has 13 heavy (non-hydrogen) atoms. The molecule has 0 aromatic rings. The molecule has 0 unspecified atom stereocenters. The van der Waals surface area contributed by atoms with Gasteiger partial charge in [-0.1, -0.05) is 6.92 Å². The van der Waals surface area contributed by atoms with E-state index in [1.54, 1.807) is 0 Å². The van der Waals surface area contributed by atoms with Crippen LogP contribution in [0.3, 0.4) is 0 Å². The molecular weight excluding hydrogens is 170 g/mol. The number of hydrogen-bond donors (Lipinski definition) is 0. The second-order valence-electron chi connectivity index (χ2n) is 2.82. The lowest BCUT2D eigenvalue weighted by atomic mass is 10.3. The third-order valence-electron chi connectivity index (χ3n) is 1.74. The maximum absolute atomic E-state index is 10.9. The molecule has 0 rings (SSSR count). The van der Waals surface area contributed by atoms with Crippen molar-refractivity contribution in [2.24, 2.45) is 0 Å². The van der Waals surface area contributed by atoms with Crippen molar-refractivity contribution in [1.82, 2.24) is 4.90 Å². The number of nitrogens with zero attached hydrogens (tertiary/aromatic N) is 1. The number of likely N-dealkylation sites (N-methyl/N-ethyl adjacent to an activating group) is 1. The van der Waals surface area contributed by atoms with E-state index in [1.165, 1.54) is 0 Å². The van der Waals surface area contributed by atoms with Crippen molar-refractivity contribution in [3.8, 4) is 0 Å². The third kappa shape index (κ3) is 7.46. The Hall–Kier alpha value is -0.900. The highest BCUT2D eigenvalue weighted by molar-refractivity contribution is 5.72. The molecule has 76 valence electrons. The molecule has 4 nitrogen and oxygen atoms in total. The highest BCUT2D eigenvalue weighted by Crippen LogP contribution is 1.90. The van der Waals surface area contributed by atoms with E-state index in [1.807, 2.05) is 18.9 Å². The Kier molecular flexibility index (Phi) is 7.20. The van der Waals surface area contributed by atoms with Gasteiger partial charge >= 0.3 is 5.97 Å². The molecule has 0 saturated carbocycles. The average molecular weight is 187 g/mol. The molecule has 0 aliphatic carbocycles. The number of hydrogen-bond acceptors (Lipinski definition) is 4. The first-order chi connectivity index (χ1) is 6.20. The molecule has 0 radical (unpaired) electrons. The SMILES string of the molecule is CCN(C)CCOC(=O)CCC=O. The van der Waals surface area contributed by atoms with Gasteiger partial charge in [-0.25, -0.2) is 0 Å². The van der Waals surface area contributed by atoms with Gasteiger partial charge in [-0.05, 0) is 13.6 Å². The first kappa shape index (κ1) is 12.1. The zero-order chi connectivity index (χ0) is 10.1. The predicted octanol–water partition coefficient (Wildman–Crippen LogP) is 0.460. The maximum Gasteiger partial charge on any atom is 0.306 e. The first-order valence-corrected chi connectivity index (χ1v) is 4.48. The molecule has 0 aromatic carbocycles. The summed E-state index contributed by atoms with van der Waals surface area (Å²) in [7, 11) is 1.96. The summed E-state index contributed by atoms with van der Waals surface area (Å²) in [5, 5.41) is 0. The largest absolute Gasteiger partial charge is 0.464 e. The van der Waals surface area contributed by atoms with E-state index < -0.39 is 0 Å². The summed E-state index contributed by atoms with van der Waals surface area (Å²) in [5.41, 5.74) is 0. The molecule has 0 aromatic heterocycles. The van der Waals surface area contributed by atoms with Crippen LogP contribution < -0.4 is 0 Å². The predicted molar refractivity (Wildman–Crippen MR) is 49.4 cm³/mol. The molecule has 0 N–H and O–H groups in total. The van der Waals surface area contributed by atoms with Crippen LogP contribution in [0.5, 0.6) is 0 Å². The van der Waals surface area contributed by atoms with Crippen LogP contribution in [0, 0.1) is 0 Å². The Balaban J connectivity index is 3.31. The van der Waals surface area contributed by atoms with Crippen molar-refractivity contribution >= 4 is 12.3 Å². The van der Waals surface area contributed by atoms with Gasteiger partial charge in [0, 0.05) is 13.0 Å². The van der Waals surface area contributed by atoms with Crippen molar-refractivity contribution in [2.45, 2.75) is 19.8 Å². The minimum absolute atomic E-state index is 0.194. The van der Waals surface area contributed by atoms with Gasteiger partial charge in [0.05, 0.1) is 6.42 Å². The second kappa shape index (κ2) is 7.73. The standard InChI is InChI=1S/C9H17NO3/c1-3-10(2)6-8-13-9(12)5-4-7-11/h7H,3-6,8H2,1-2H3. The summed E-state index contributed by atoms with van der Waals surface area (Å²) >= 11 is 0.